The Balaban J connectivity index is 3.96. The van der Waals surface area contributed by atoms with Gasteiger partial charge in [0, 0.05) is 12.8 Å². The molecule has 0 aromatic carbocycles. The molecule has 2 atom stereocenters. The molecule has 0 saturated heterocycles. The van der Waals surface area contributed by atoms with E-state index < -0.39 is 18.4 Å². The number of ether oxygens (including phenoxy) is 4. The summed E-state index contributed by atoms with van der Waals surface area (Å²) >= 11 is 0. The molecular formula is C83H158NO8+. The zero-order valence-corrected chi connectivity index (χ0v) is 62.2. The molecule has 0 bridgehead atoms. The van der Waals surface area contributed by atoms with Gasteiger partial charge in [-0.3, -0.25) is 9.59 Å². The second-order valence-electron chi connectivity index (χ2n) is 29.1. The minimum atomic E-state index is -1.51. The van der Waals surface area contributed by atoms with Crippen LogP contribution < -0.4 is 0 Å². The van der Waals surface area contributed by atoms with Crippen molar-refractivity contribution in [1.82, 2.24) is 0 Å². The first-order valence-electron chi connectivity index (χ1n) is 40.7. The summed E-state index contributed by atoms with van der Waals surface area (Å²) in [6, 6.07) is 0. The maximum atomic E-state index is 13.0. The van der Waals surface area contributed by atoms with Crippen LogP contribution in [0.2, 0.25) is 0 Å². The Morgan fingerprint density at radius 1 is 0.326 bits per heavy atom. The van der Waals surface area contributed by atoms with Gasteiger partial charge in [-0.25, -0.2) is 4.79 Å². The number of likely N-dealkylation sites (N-methyl/N-ethyl adjacent to an activating group) is 1. The molecular weight excluding hydrogens is 1140 g/mol. The topological polar surface area (TPSA) is 108 Å². The summed E-state index contributed by atoms with van der Waals surface area (Å²) in [7, 11) is 6.00. The molecule has 0 fully saturated rings. The molecule has 0 rings (SSSR count). The molecule has 0 spiro atoms. The number of rotatable bonds is 77. The average molecular weight is 1300 g/mol. The molecule has 0 aliphatic carbocycles. The molecule has 1 N–H and O–H groups in total. The van der Waals surface area contributed by atoms with E-state index in [9.17, 15) is 19.5 Å². The van der Waals surface area contributed by atoms with Crippen LogP contribution in [0.15, 0.2) is 36.5 Å². The lowest BCUT2D eigenvalue weighted by molar-refractivity contribution is -0.870. The van der Waals surface area contributed by atoms with Gasteiger partial charge in [0.05, 0.1) is 34.4 Å². The third-order valence-electron chi connectivity index (χ3n) is 18.6. The third kappa shape index (κ3) is 74.9. The van der Waals surface area contributed by atoms with Crippen LogP contribution in [-0.2, 0) is 33.3 Å². The van der Waals surface area contributed by atoms with Gasteiger partial charge < -0.3 is 28.5 Å². The maximum Gasteiger partial charge on any atom is 0.361 e. The summed E-state index contributed by atoms with van der Waals surface area (Å²) in [5, 5.41) is 9.77. The van der Waals surface area contributed by atoms with E-state index >= 15 is 0 Å². The Labute approximate surface area is 572 Å². The van der Waals surface area contributed by atoms with Crippen molar-refractivity contribution < 1.29 is 42.9 Å². The molecule has 0 aliphatic heterocycles. The van der Waals surface area contributed by atoms with Crippen LogP contribution >= 0.6 is 0 Å². The highest BCUT2D eigenvalue weighted by Gasteiger charge is 2.25. The Bertz CT molecular complexity index is 1600. The molecule has 0 aromatic rings. The number of allylic oxidation sites excluding steroid dienone is 6. The van der Waals surface area contributed by atoms with Gasteiger partial charge in [0.25, 0.3) is 6.29 Å². The van der Waals surface area contributed by atoms with Gasteiger partial charge in [-0.15, -0.1) is 0 Å². The van der Waals surface area contributed by atoms with Crippen molar-refractivity contribution >= 4 is 17.9 Å². The van der Waals surface area contributed by atoms with E-state index in [-0.39, 0.29) is 38.2 Å². The lowest BCUT2D eigenvalue weighted by Gasteiger charge is -2.25. The van der Waals surface area contributed by atoms with Crippen molar-refractivity contribution in [3.8, 4) is 0 Å². The Morgan fingerprint density at radius 3 is 0.870 bits per heavy atom. The van der Waals surface area contributed by atoms with E-state index in [0.29, 0.717) is 17.4 Å². The number of quaternary nitrogens is 1. The van der Waals surface area contributed by atoms with Crippen LogP contribution in [0.1, 0.15) is 418 Å². The minimum absolute atomic E-state index is 0.176. The van der Waals surface area contributed by atoms with Crippen molar-refractivity contribution in [2.24, 2.45) is 0 Å². The summed E-state index contributed by atoms with van der Waals surface area (Å²) in [5.74, 6) is -1.97. The van der Waals surface area contributed by atoms with E-state index in [0.717, 1.165) is 51.4 Å². The summed E-state index contributed by atoms with van der Waals surface area (Å²) in [6.07, 6.45) is 93.1. The number of esters is 2. The number of carboxylic acid groups (broad SMARTS) is 1. The van der Waals surface area contributed by atoms with Crippen molar-refractivity contribution in [3.05, 3.63) is 36.5 Å². The van der Waals surface area contributed by atoms with Gasteiger partial charge in [0.15, 0.2) is 6.10 Å². The van der Waals surface area contributed by atoms with E-state index in [1.54, 1.807) is 0 Å². The average Bonchev–Trinajstić information content (AvgIpc) is 3.70. The molecule has 9 heteroatoms. The number of aliphatic carboxylic acids is 1. The van der Waals surface area contributed by atoms with Crippen LogP contribution in [0, 0.1) is 0 Å². The lowest BCUT2D eigenvalue weighted by Crippen LogP contribution is -2.40. The first-order valence-corrected chi connectivity index (χ1v) is 40.7. The van der Waals surface area contributed by atoms with E-state index in [4.69, 9.17) is 18.9 Å². The summed E-state index contributed by atoms with van der Waals surface area (Å²) < 4.78 is 23.1. The highest BCUT2D eigenvalue weighted by Crippen LogP contribution is 2.20. The summed E-state index contributed by atoms with van der Waals surface area (Å²) in [6.45, 7) is 4.95. The number of carboxylic acids is 1. The second-order valence-corrected chi connectivity index (χ2v) is 29.1. The monoisotopic (exact) mass is 1300 g/mol. The van der Waals surface area contributed by atoms with E-state index in [2.05, 4.69) is 50.3 Å². The first-order chi connectivity index (χ1) is 45.1. The minimum Gasteiger partial charge on any atom is -0.477 e. The molecule has 0 radical (unpaired) electrons. The van der Waals surface area contributed by atoms with Gasteiger partial charge in [-0.2, -0.15) is 0 Å². The van der Waals surface area contributed by atoms with Crippen molar-refractivity contribution in [2.75, 3.05) is 47.5 Å². The molecule has 0 aromatic heterocycles. The summed E-state index contributed by atoms with van der Waals surface area (Å²) in [4.78, 5) is 37.7. The van der Waals surface area contributed by atoms with Crippen molar-refractivity contribution in [2.45, 2.75) is 431 Å². The van der Waals surface area contributed by atoms with Crippen molar-refractivity contribution in [1.29, 1.82) is 0 Å². The smallest absolute Gasteiger partial charge is 0.361 e. The van der Waals surface area contributed by atoms with Gasteiger partial charge in [0.2, 0.25) is 0 Å². The molecule has 0 amide bonds. The fourth-order valence-electron chi connectivity index (χ4n) is 12.4. The van der Waals surface area contributed by atoms with Gasteiger partial charge >= 0.3 is 17.9 Å². The van der Waals surface area contributed by atoms with Crippen LogP contribution in [-0.4, -0.2) is 87.4 Å². The quantitative estimate of drug-likeness (QED) is 0.0211. The predicted octanol–water partition coefficient (Wildman–Crippen LogP) is 25.9. The Hall–Kier alpha value is -2.49. The SMILES string of the molecule is CCCCCCC/C=C\C/C=C\C/C=C\CCCCCCCCCCCCCCCCCCC(=O)OC(COC(=O)CCCCCCCCCCCCCCCCCCCCCCCCCCCCCCCCCCCCCC)COC(OCC[N+](C)(C)C)C(=O)O. The molecule has 2 unspecified atom stereocenters. The van der Waals surface area contributed by atoms with E-state index in [1.165, 1.54) is 340 Å². The zero-order chi connectivity index (χ0) is 66.8. The largest absolute Gasteiger partial charge is 0.477 e. The Kier molecular flexibility index (Phi) is 72.3. The number of hydrogen-bond acceptors (Lipinski definition) is 7. The van der Waals surface area contributed by atoms with Crippen LogP contribution in [0.25, 0.3) is 0 Å². The van der Waals surface area contributed by atoms with Crippen LogP contribution in [0.4, 0.5) is 0 Å². The highest BCUT2D eigenvalue weighted by molar-refractivity contribution is 5.71. The molecule has 0 heterocycles. The van der Waals surface area contributed by atoms with Gasteiger partial charge in [0.1, 0.15) is 13.2 Å². The molecule has 0 saturated carbocycles. The van der Waals surface area contributed by atoms with Crippen LogP contribution in [0.3, 0.4) is 0 Å². The molecule has 0 aliphatic rings. The first kappa shape index (κ1) is 89.5. The number of carbonyl (C=O) groups is 3. The highest BCUT2D eigenvalue weighted by atomic mass is 16.7. The summed E-state index contributed by atoms with van der Waals surface area (Å²) in [5.41, 5.74) is 0. The normalized spacial score (nSPS) is 12.8. The predicted molar refractivity (Wildman–Crippen MR) is 397 cm³/mol. The number of carbonyl (C=O) groups excluding carboxylic acids is 2. The Morgan fingerprint density at radius 2 is 0.587 bits per heavy atom. The van der Waals surface area contributed by atoms with Gasteiger partial charge in [-0.05, 0) is 51.4 Å². The lowest BCUT2D eigenvalue weighted by atomic mass is 10.0. The standard InChI is InChI=1S/C83H157NO8/c1-6-8-10-12-14-16-18-20-22-24-26-28-30-32-34-36-38-39-40-41-42-44-45-47-49-51-53-55-57-59-61-63-65-67-69-71-73-80(85)90-77-79(78-91-83(82(87)88)89-76-75-84(3,4)5)92-81(86)74-72-70-68-66-64-62-60-58-56-54-52-50-48-46-43-37-35-33-31-29-27-25-23-21-19-17-15-13-11-9-7-2/h19,21,25,27,31,33,79,83H,6-18,20,22-24,26,28-30,32,34-78H2,1-5H3/p+1/b21-19-,27-25-,33-31-. The number of nitrogens with zero attached hydrogens (tertiary/aromatic N) is 1. The maximum absolute atomic E-state index is 13.0. The number of unbranched alkanes of at least 4 members (excludes halogenated alkanes) is 56. The molecule has 542 valence electrons. The number of hydrogen-bond donors (Lipinski definition) is 1. The third-order valence-corrected chi connectivity index (χ3v) is 18.6. The zero-order valence-electron chi connectivity index (χ0n) is 62.2. The molecule has 9 nitrogen and oxygen atoms in total. The van der Waals surface area contributed by atoms with E-state index in [1.807, 2.05) is 21.1 Å². The fourth-order valence-corrected chi connectivity index (χ4v) is 12.4. The fraction of sp³-hybridized carbons (Fsp3) is 0.892. The second kappa shape index (κ2) is 74.3. The van der Waals surface area contributed by atoms with Gasteiger partial charge in [-0.1, -0.05) is 391 Å². The van der Waals surface area contributed by atoms with Crippen molar-refractivity contribution in [3.63, 3.8) is 0 Å². The molecule has 92 heavy (non-hydrogen) atoms. The van der Waals surface area contributed by atoms with Crippen LogP contribution in [0.5, 0.6) is 0 Å².